The van der Waals surface area contributed by atoms with E-state index in [4.69, 9.17) is 0 Å². The number of alkyl halides is 3. The van der Waals surface area contributed by atoms with Crippen LogP contribution in [-0.2, 0) is 6.54 Å². The number of rotatable bonds is 3. The minimum atomic E-state index is -4.82. The molecule has 21 heavy (non-hydrogen) atoms. The van der Waals surface area contributed by atoms with Crippen LogP contribution in [0.1, 0.15) is 15.9 Å². The van der Waals surface area contributed by atoms with Gasteiger partial charge in [0.25, 0.3) is 5.91 Å². The van der Waals surface area contributed by atoms with Gasteiger partial charge in [-0.05, 0) is 29.8 Å². The molecule has 0 fully saturated rings. The molecule has 0 radical (unpaired) electrons. The van der Waals surface area contributed by atoms with Gasteiger partial charge in [0.15, 0.2) is 0 Å². The molecule has 0 aromatic heterocycles. The molecule has 2 rings (SSSR count). The number of nitrogens with zero attached hydrogens (tertiary/aromatic N) is 1. The van der Waals surface area contributed by atoms with Crippen LogP contribution >= 0.6 is 0 Å². The van der Waals surface area contributed by atoms with Gasteiger partial charge in [-0.3, -0.25) is 4.79 Å². The Labute approximate surface area is 118 Å². The monoisotopic (exact) mass is 297 g/mol. The maximum atomic E-state index is 13.1. The van der Waals surface area contributed by atoms with Crippen LogP contribution in [0.5, 0.6) is 0 Å². The van der Waals surface area contributed by atoms with E-state index in [0.29, 0.717) is 5.56 Å². The Kier molecular flexibility index (Phi) is 4.26. The minimum absolute atomic E-state index is 0.199. The number of amides is 1. The first-order valence-electron chi connectivity index (χ1n) is 6.06. The third kappa shape index (κ3) is 3.81. The summed E-state index contributed by atoms with van der Waals surface area (Å²) in [6.07, 6.45) is -4.82. The van der Waals surface area contributed by atoms with Gasteiger partial charge in [0.05, 0.1) is 6.54 Å². The van der Waals surface area contributed by atoms with Crippen molar-refractivity contribution in [1.82, 2.24) is 4.90 Å². The quantitative estimate of drug-likeness (QED) is 0.619. The summed E-state index contributed by atoms with van der Waals surface area (Å²) in [5.41, 5.74) is 0.134. The third-order valence-corrected chi connectivity index (χ3v) is 2.83. The van der Waals surface area contributed by atoms with E-state index in [2.05, 4.69) is 0 Å². The van der Waals surface area contributed by atoms with Gasteiger partial charge < -0.3 is 0 Å². The predicted molar refractivity (Wildman–Crippen MR) is 68.8 cm³/mol. The second kappa shape index (κ2) is 5.95. The summed E-state index contributed by atoms with van der Waals surface area (Å²) >= 11 is 0. The van der Waals surface area contributed by atoms with Crippen LogP contribution in [-0.4, -0.2) is 17.1 Å². The van der Waals surface area contributed by atoms with Crippen molar-refractivity contribution >= 4 is 5.91 Å². The molecule has 0 atom stereocenters. The predicted octanol–water partition coefficient (Wildman–Crippen LogP) is 3.99. The fourth-order valence-electron chi connectivity index (χ4n) is 1.79. The average Bonchev–Trinajstić information content (AvgIpc) is 2.45. The molecule has 1 amide bonds. The number of halogens is 4. The molecular formula is C15H11F4NO. The van der Waals surface area contributed by atoms with Gasteiger partial charge in [-0.1, -0.05) is 30.3 Å². The molecule has 0 aliphatic carbocycles. The Bertz CT molecular complexity index is 608. The average molecular weight is 297 g/mol. The van der Waals surface area contributed by atoms with Crippen molar-refractivity contribution in [3.8, 4) is 0 Å². The summed E-state index contributed by atoms with van der Waals surface area (Å²) in [5, 5.41) is 0. The molecule has 2 aromatic rings. The highest BCUT2D eigenvalue weighted by molar-refractivity contribution is 5.94. The van der Waals surface area contributed by atoms with Gasteiger partial charge >= 0.3 is 6.30 Å². The maximum absolute atomic E-state index is 13.1. The van der Waals surface area contributed by atoms with Crippen LogP contribution in [0.4, 0.5) is 17.6 Å². The van der Waals surface area contributed by atoms with Crippen molar-refractivity contribution in [3.05, 3.63) is 71.5 Å². The third-order valence-electron chi connectivity index (χ3n) is 2.83. The summed E-state index contributed by atoms with van der Waals surface area (Å²) in [5.74, 6) is -1.83. The van der Waals surface area contributed by atoms with Crippen LogP contribution in [0.2, 0.25) is 0 Å². The van der Waals surface area contributed by atoms with E-state index in [-0.39, 0.29) is 10.5 Å². The van der Waals surface area contributed by atoms with E-state index in [1.807, 2.05) is 0 Å². The lowest BCUT2D eigenvalue weighted by Crippen LogP contribution is -2.42. The van der Waals surface area contributed by atoms with Crippen LogP contribution in [0.3, 0.4) is 0 Å². The minimum Gasteiger partial charge on any atom is -0.269 e. The van der Waals surface area contributed by atoms with Crippen molar-refractivity contribution < 1.29 is 22.4 Å². The molecule has 0 saturated carbocycles. The highest BCUT2D eigenvalue weighted by Gasteiger charge is 2.41. The van der Waals surface area contributed by atoms with Crippen molar-refractivity contribution in [3.63, 3.8) is 0 Å². The van der Waals surface area contributed by atoms with Crippen LogP contribution in [0.25, 0.3) is 0 Å². The summed E-state index contributed by atoms with van der Waals surface area (Å²) in [6, 6.07) is 11.8. The highest BCUT2D eigenvalue weighted by Crippen LogP contribution is 2.26. The Morgan fingerprint density at radius 3 is 2.05 bits per heavy atom. The molecular weight excluding hydrogens is 286 g/mol. The lowest BCUT2D eigenvalue weighted by atomic mass is 10.1. The Morgan fingerprint density at radius 1 is 0.952 bits per heavy atom. The van der Waals surface area contributed by atoms with Crippen LogP contribution in [0, 0.1) is 5.82 Å². The zero-order valence-corrected chi connectivity index (χ0v) is 10.8. The largest absolute Gasteiger partial charge is 0.487 e. The maximum Gasteiger partial charge on any atom is 0.487 e. The highest BCUT2D eigenvalue weighted by atomic mass is 19.4. The number of carbonyl (C=O) groups is 1. The number of hydrogen-bond donors (Lipinski definition) is 0. The van der Waals surface area contributed by atoms with Crippen LogP contribution < -0.4 is 0 Å². The molecule has 110 valence electrons. The Morgan fingerprint density at radius 2 is 1.52 bits per heavy atom. The first-order valence-corrected chi connectivity index (χ1v) is 6.06. The van der Waals surface area contributed by atoms with Gasteiger partial charge in [0.2, 0.25) is 0 Å². The second-order valence-corrected chi connectivity index (χ2v) is 4.35. The molecule has 2 aromatic carbocycles. The van der Waals surface area contributed by atoms with Crippen LogP contribution in [0.15, 0.2) is 54.6 Å². The zero-order valence-electron chi connectivity index (χ0n) is 10.8. The summed E-state index contributed by atoms with van der Waals surface area (Å²) in [7, 11) is 0. The normalized spacial score (nSPS) is 11.2. The molecule has 0 N–H and O–H groups in total. The van der Waals surface area contributed by atoms with Crippen molar-refractivity contribution in [1.29, 1.82) is 0 Å². The van der Waals surface area contributed by atoms with Gasteiger partial charge in [-0.15, -0.1) is 13.2 Å². The Hall–Kier alpha value is -2.37. The van der Waals surface area contributed by atoms with E-state index in [1.54, 1.807) is 18.2 Å². The standard InChI is InChI=1S/C15H11F4NO/c16-13-8-6-12(7-9-13)14(21)20(15(17,18)19)10-11-4-2-1-3-5-11/h1-9H,10H2. The second-order valence-electron chi connectivity index (χ2n) is 4.35. The molecule has 0 saturated heterocycles. The Balaban J connectivity index is 2.28. The van der Waals surface area contributed by atoms with E-state index in [9.17, 15) is 22.4 Å². The van der Waals surface area contributed by atoms with Gasteiger partial charge in [-0.25, -0.2) is 9.29 Å². The summed E-state index contributed by atoms with van der Waals surface area (Å²) in [6.45, 7) is -0.597. The fourth-order valence-corrected chi connectivity index (χ4v) is 1.79. The van der Waals surface area contributed by atoms with E-state index >= 15 is 0 Å². The van der Waals surface area contributed by atoms with Crippen molar-refractivity contribution in [2.24, 2.45) is 0 Å². The van der Waals surface area contributed by atoms with Crippen molar-refractivity contribution in [2.75, 3.05) is 0 Å². The topological polar surface area (TPSA) is 20.3 Å². The summed E-state index contributed by atoms with van der Waals surface area (Å²) in [4.78, 5) is 11.8. The van der Waals surface area contributed by atoms with Gasteiger partial charge in [0, 0.05) is 5.56 Å². The molecule has 0 unspecified atom stereocenters. The molecule has 2 nitrogen and oxygen atoms in total. The molecule has 0 aliphatic rings. The number of benzene rings is 2. The lowest BCUT2D eigenvalue weighted by molar-refractivity contribution is -0.227. The smallest absolute Gasteiger partial charge is 0.269 e. The lowest BCUT2D eigenvalue weighted by Gasteiger charge is -2.25. The molecule has 0 spiro atoms. The number of carbonyl (C=O) groups excluding carboxylic acids is 1. The molecule has 0 bridgehead atoms. The van der Waals surface area contributed by atoms with E-state index in [0.717, 1.165) is 24.3 Å². The van der Waals surface area contributed by atoms with Gasteiger partial charge in [-0.2, -0.15) is 0 Å². The fraction of sp³-hybridized carbons (Fsp3) is 0.133. The van der Waals surface area contributed by atoms with Gasteiger partial charge in [0.1, 0.15) is 5.82 Å². The summed E-state index contributed by atoms with van der Waals surface area (Å²) < 4.78 is 51.9. The van der Waals surface area contributed by atoms with E-state index in [1.165, 1.54) is 12.1 Å². The molecule has 0 heterocycles. The molecule has 0 aliphatic heterocycles. The SMILES string of the molecule is O=C(c1ccc(F)cc1)N(Cc1ccccc1)C(F)(F)F. The number of hydrogen-bond acceptors (Lipinski definition) is 1. The first-order chi connectivity index (χ1) is 9.88. The van der Waals surface area contributed by atoms with E-state index < -0.39 is 24.6 Å². The molecule has 6 heteroatoms. The van der Waals surface area contributed by atoms with Crippen molar-refractivity contribution in [2.45, 2.75) is 12.8 Å². The zero-order chi connectivity index (χ0) is 15.5. The first kappa shape index (κ1) is 15.0.